The van der Waals surface area contributed by atoms with Crippen molar-refractivity contribution in [3.8, 4) is 5.75 Å². The number of rotatable bonds is 5. The third-order valence-corrected chi connectivity index (χ3v) is 4.42. The summed E-state index contributed by atoms with van der Waals surface area (Å²) < 4.78 is 7.63. The summed E-state index contributed by atoms with van der Waals surface area (Å²) in [5, 5.41) is 13.3. The molecular formula is C18H20N6O2. The number of hydrogen-bond acceptors (Lipinski definition) is 5. The molecule has 0 saturated carbocycles. The molecule has 8 nitrogen and oxygen atoms in total. The van der Waals surface area contributed by atoms with Gasteiger partial charge in [-0.15, -0.1) is 0 Å². The summed E-state index contributed by atoms with van der Waals surface area (Å²) in [5.74, 6) is 1.35. The molecule has 3 heterocycles. The quantitative estimate of drug-likeness (QED) is 0.648. The van der Waals surface area contributed by atoms with Crippen molar-refractivity contribution in [2.75, 3.05) is 11.9 Å². The highest BCUT2D eigenvalue weighted by Gasteiger charge is 2.21. The monoisotopic (exact) mass is 352 g/mol. The molecule has 0 unspecified atom stereocenters. The predicted octanol–water partition coefficient (Wildman–Crippen LogP) is 1.62. The fourth-order valence-corrected chi connectivity index (χ4v) is 2.92. The van der Waals surface area contributed by atoms with Crippen LogP contribution in [0, 0.1) is 0 Å². The first kappa shape index (κ1) is 16.3. The Hall–Kier alpha value is -3.13. The lowest BCUT2D eigenvalue weighted by atomic mass is 10.1. The maximum atomic E-state index is 12.5. The number of amides is 1. The van der Waals surface area contributed by atoms with E-state index in [9.17, 15) is 4.79 Å². The highest BCUT2D eigenvalue weighted by Crippen LogP contribution is 2.19. The molecule has 0 aliphatic carbocycles. The third kappa shape index (κ3) is 3.31. The minimum atomic E-state index is -0.215. The van der Waals surface area contributed by atoms with Gasteiger partial charge in [-0.2, -0.15) is 5.10 Å². The van der Waals surface area contributed by atoms with Gasteiger partial charge in [-0.05, 0) is 24.3 Å². The number of ether oxygens (including phenoxy) is 1. The van der Waals surface area contributed by atoms with E-state index < -0.39 is 0 Å². The largest absolute Gasteiger partial charge is 0.486 e. The number of nitrogens with one attached hydrogen (secondary N) is 3. The summed E-state index contributed by atoms with van der Waals surface area (Å²) in [6, 6.07) is 7.26. The molecule has 0 spiro atoms. The van der Waals surface area contributed by atoms with Gasteiger partial charge in [-0.1, -0.05) is 0 Å². The van der Waals surface area contributed by atoms with Crippen LogP contribution in [0.5, 0.6) is 5.75 Å². The van der Waals surface area contributed by atoms with Crippen LogP contribution in [0.1, 0.15) is 27.6 Å². The van der Waals surface area contributed by atoms with Crippen molar-refractivity contribution in [2.24, 2.45) is 7.05 Å². The molecule has 4 rings (SSSR count). The van der Waals surface area contributed by atoms with Gasteiger partial charge < -0.3 is 19.9 Å². The summed E-state index contributed by atoms with van der Waals surface area (Å²) >= 11 is 0. The highest BCUT2D eigenvalue weighted by atomic mass is 16.5. The van der Waals surface area contributed by atoms with Crippen molar-refractivity contribution in [2.45, 2.75) is 19.6 Å². The number of aromatic amines is 1. The van der Waals surface area contributed by atoms with E-state index in [4.69, 9.17) is 4.74 Å². The van der Waals surface area contributed by atoms with Gasteiger partial charge in [-0.3, -0.25) is 9.89 Å². The summed E-state index contributed by atoms with van der Waals surface area (Å²) in [6.45, 7) is 1.95. The van der Waals surface area contributed by atoms with Gasteiger partial charge in [0.25, 0.3) is 5.91 Å². The third-order valence-electron chi connectivity index (χ3n) is 4.42. The molecule has 0 bridgehead atoms. The second kappa shape index (κ2) is 7.01. The molecule has 1 amide bonds. The first-order valence-corrected chi connectivity index (χ1v) is 8.48. The number of anilines is 1. The van der Waals surface area contributed by atoms with E-state index in [1.807, 2.05) is 42.1 Å². The van der Waals surface area contributed by atoms with Gasteiger partial charge in [0.1, 0.15) is 18.2 Å². The lowest BCUT2D eigenvalue weighted by molar-refractivity contribution is 0.102. The molecular weight excluding hydrogens is 332 g/mol. The summed E-state index contributed by atoms with van der Waals surface area (Å²) in [6.07, 6.45) is 4.47. The van der Waals surface area contributed by atoms with Crippen molar-refractivity contribution in [1.29, 1.82) is 0 Å². The van der Waals surface area contributed by atoms with E-state index in [-0.39, 0.29) is 5.91 Å². The Balaban J connectivity index is 1.39. The lowest BCUT2D eigenvalue weighted by Gasteiger charge is -2.13. The van der Waals surface area contributed by atoms with Crippen LogP contribution in [-0.2, 0) is 26.6 Å². The smallest absolute Gasteiger partial charge is 0.276 e. The predicted molar refractivity (Wildman–Crippen MR) is 95.9 cm³/mol. The number of carbonyl (C=O) groups excluding carboxylic acids is 1. The maximum Gasteiger partial charge on any atom is 0.276 e. The zero-order valence-corrected chi connectivity index (χ0v) is 14.5. The molecule has 134 valence electrons. The number of aromatic nitrogens is 4. The first-order valence-electron chi connectivity index (χ1n) is 8.48. The number of imidazole rings is 1. The highest BCUT2D eigenvalue weighted by molar-refractivity contribution is 6.04. The van der Waals surface area contributed by atoms with Crippen molar-refractivity contribution in [3.05, 3.63) is 59.4 Å². The van der Waals surface area contributed by atoms with E-state index in [0.717, 1.165) is 30.0 Å². The van der Waals surface area contributed by atoms with Crippen LogP contribution in [0.4, 0.5) is 5.69 Å². The first-order chi connectivity index (χ1) is 12.7. The molecule has 1 aromatic carbocycles. The normalized spacial score (nSPS) is 13.3. The minimum absolute atomic E-state index is 0.215. The van der Waals surface area contributed by atoms with Gasteiger partial charge in [0.15, 0.2) is 5.69 Å². The van der Waals surface area contributed by atoms with Gasteiger partial charge in [-0.25, -0.2) is 4.98 Å². The number of nitrogens with zero attached hydrogens (tertiary/aromatic N) is 3. The van der Waals surface area contributed by atoms with Crippen LogP contribution in [0.25, 0.3) is 0 Å². The summed E-state index contributed by atoms with van der Waals surface area (Å²) in [7, 11) is 1.92. The van der Waals surface area contributed by atoms with Gasteiger partial charge in [0.05, 0.1) is 0 Å². The zero-order chi connectivity index (χ0) is 17.9. The fourth-order valence-electron chi connectivity index (χ4n) is 2.92. The van der Waals surface area contributed by atoms with Crippen molar-refractivity contribution < 1.29 is 9.53 Å². The number of H-pyrrole nitrogens is 1. The van der Waals surface area contributed by atoms with E-state index in [2.05, 4.69) is 25.8 Å². The minimum Gasteiger partial charge on any atom is -0.486 e. The molecule has 2 aromatic heterocycles. The zero-order valence-electron chi connectivity index (χ0n) is 14.5. The van der Waals surface area contributed by atoms with Crippen molar-refractivity contribution >= 4 is 11.6 Å². The maximum absolute atomic E-state index is 12.5. The Kier molecular flexibility index (Phi) is 4.40. The SMILES string of the molecule is Cn1ccnc1COc1ccc(NC(=O)c2n[nH]c3c2CNCC3)cc1. The van der Waals surface area contributed by atoms with E-state index in [1.165, 1.54) is 0 Å². The molecule has 0 saturated heterocycles. The van der Waals surface area contributed by atoms with Crippen LogP contribution in [0.2, 0.25) is 0 Å². The van der Waals surface area contributed by atoms with Crippen LogP contribution in [-0.4, -0.2) is 32.2 Å². The molecule has 3 N–H and O–H groups in total. The number of fused-ring (bicyclic) bond motifs is 1. The second-order valence-corrected chi connectivity index (χ2v) is 6.18. The molecule has 8 heteroatoms. The molecule has 0 radical (unpaired) electrons. The van der Waals surface area contributed by atoms with Gasteiger partial charge in [0, 0.05) is 55.9 Å². The average Bonchev–Trinajstić information content (AvgIpc) is 3.27. The summed E-state index contributed by atoms with van der Waals surface area (Å²) in [4.78, 5) is 16.7. The number of benzene rings is 1. The molecule has 1 aliphatic heterocycles. The number of aryl methyl sites for hydroxylation is 1. The Labute approximate surface area is 150 Å². The van der Waals surface area contributed by atoms with Crippen LogP contribution in [0.15, 0.2) is 36.7 Å². The number of carbonyl (C=O) groups is 1. The Morgan fingerprint density at radius 2 is 2.19 bits per heavy atom. The Morgan fingerprint density at radius 3 is 2.96 bits per heavy atom. The second-order valence-electron chi connectivity index (χ2n) is 6.18. The van der Waals surface area contributed by atoms with E-state index in [1.54, 1.807) is 6.20 Å². The van der Waals surface area contributed by atoms with Crippen LogP contribution in [0.3, 0.4) is 0 Å². The van der Waals surface area contributed by atoms with Crippen LogP contribution >= 0.6 is 0 Å². The number of hydrogen-bond donors (Lipinski definition) is 3. The Morgan fingerprint density at radius 1 is 1.35 bits per heavy atom. The summed E-state index contributed by atoms with van der Waals surface area (Å²) in [5.41, 5.74) is 3.12. The topological polar surface area (TPSA) is 96.9 Å². The van der Waals surface area contributed by atoms with Gasteiger partial charge >= 0.3 is 0 Å². The Bertz CT molecular complexity index is 912. The fraction of sp³-hybridized carbons (Fsp3) is 0.278. The molecule has 0 atom stereocenters. The van der Waals surface area contributed by atoms with Crippen LogP contribution < -0.4 is 15.4 Å². The molecule has 1 aliphatic rings. The molecule has 26 heavy (non-hydrogen) atoms. The lowest BCUT2D eigenvalue weighted by Crippen LogP contribution is -2.25. The van der Waals surface area contributed by atoms with E-state index >= 15 is 0 Å². The standard InChI is InChI=1S/C18H20N6O2/c1-24-9-8-20-16(24)11-26-13-4-2-12(3-5-13)21-18(25)17-14-10-19-7-6-15(14)22-23-17/h2-5,8-9,19H,6-7,10-11H2,1H3,(H,21,25)(H,22,23). The molecule has 3 aromatic rings. The molecule has 0 fully saturated rings. The average molecular weight is 352 g/mol. The van der Waals surface area contributed by atoms with Crippen molar-refractivity contribution in [1.82, 2.24) is 25.1 Å². The van der Waals surface area contributed by atoms with Crippen molar-refractivity contribution in [3.63, 3.8) is 0 Å². The van der Waals surface area contributed by atoms with Gasteiger partial charge in [0.2, 0.25) is 0 Å². The van der Waals surface area contributed by atoms with E-state index in [0.29, 0.717) is 30.3 Å².